The van der Waals surface area contributed by atoms with Crippen molar-refractivity contribution in [3.63, 3.8) is 0 Å². The Hall–Kier alpha value is -3.23. The standard InChI is InChI=1S/C23H22F3N3O3/c24-23(25,26)22-27-16-5-1-2-6-18(16)29(22)14-21(30)28-10-3-7-17(28)15-8-9-19-20(13-15)32-12-4-11-31-19/h1-2,5-6,8-9,13,17H,3-4,7,10-12,14H2/t17-/m0/s1. The van der Waals surface area contributed by atoms with Crippen LogP contribution in [0.25, 0.3) is 11.0 Å². The molecule has 6 nitrogen and oxygen atoms in total. The van der Waals surface area contributed by atoms with Gasteiger partial charge < -0.3 is 18.9 Å². The molecular weight excluding hydrogens is 423 g/mol. The average Bonchev–Trinajstić information content (AvgIpc) is 3.32. The number of nitrogens with zero attached hydrogens (tertiary/aromatic N) is 3. The first-order chi connectivity index (χ1) is 15.4. The number of fused-ring (bicyclic) bond motifs is 2. The minimum Gasteiger partial charge on any atom is -0.490 e. The number of hydrogen-bond acceptors (Lipinski definition) is 4. The molecule has 0 saturated carbocycles. The van der Waals surface area contributed by atoms with Crippen LogP contribution in [0.3, 0.4) is 0 Å². The Morgan fingerprint density at radius 2 is 1.84 bits per heavy atom. The van der Waals surface area contributed by atoms with Crippen molar-refractivity contribution in [3.05, 3.63) is 53.9 Å². The second kappa shape index (κ2) is 8.03. The number of aromatic nitrogens is 2. The average molecular weight is 445 g/mol. The number of imidazole rings is 1. The lowest BCUT2D eigenvalue weighted by Crippen LogP contribution is -2.34. The second-order valence-electron chi connectivity index (χ2n) is 8.01. The zero-order valence-corrected chi connectivity index (χ0v) is 17.3. The molecule has 0 N–H and O–H groups in total. The SMILES string of the molecule is O=C(Cn1c(C(F)(F)F)nc2ccccc21)N1CCC[C@H]1c1ccc2c(c1)OCCCO2. The molecule has 1 amide bonds. The molecule has 0 bridgehead atoms. The molecule has 0 radical (unpaired) electrons. The van der Waals surface area contributed by atoms with Crippen LogP contribution in [0.1, 0.15) is 36.7 Å². The van der Waals surface area contributed by atoms with Crippen LogP contribution in [0.15, 0.2) is 42.5 Å². The van der Waals surface area contributed by atoms with Crippen LogP contribution in [-0.2, 0) is 17.5 Å². The van der Waals surface area contributed by atoms with Crippen molar-refractivity contribution >= 4 is 16.9 Å². The van der Waals surface area contributed by atoms with Crippen LogP contribution < -0.4 is 9.47 Å². The summed E-state index contributed by atoms with van der Waals surface area (Å²) in [4.78, 5) is 18.6. The van der Waals surface area contributed by atoms with E-state index in [4.69, 9.17) is 9.47 Å². The third-order valence-electron chi connectivity index (χ3n) is 5.93. The molecular formula is C23H22F3N3O3. The Morgan fingerprint density at radius 3 is 2.66 bits per heavy atom. The first-order valence-electron chi connectivity index (χ1n) is 10.6. The Balaban J connectivity index is 1.44. The van der Waals surface area contributed by atoms with E-state index in [1.54, 1.807) is 23.1 Å². The fourth-order valence-electron chi connectivity index (χ4n) is 4.48. The summed E-state index contributed by atoms with van der Waals surface area (Å²) in [5.41, 5.74) is 1.40. The molecule has 1 aromatic heterocycles. The van der Waals surface area contributed by atoms with Gasteiger partial charge in [-0.2, -0.15) is 13.2 Å². The third-order valence-corrected chi connectivity index (χ3v) is 5.93. The molecule has 3 aromatic rings. The Morgan fingerprint density at radius 1 is 1.06 bits per heavy atom. The Labute approximate surface area is 182 Å². The highest BCUT2D eigenvalue weighted by Crippen LogP contribution is 2.38. The normalized spacial score (nSPS) is 18.7. The molecule has 32 heavy (non-hydrogen) atoms. The molecule has 2 aliphatic heterocycles. The van der Waals surface area contributed by atoms with Gasteiger partial charge in [0.25, 0.3) is 0 Å². The topological polar surface area (TPSA) is 56.6 Å². The highest BCUT2D eigenvalue weighted by molar-refractivity contribution is 5.81. The monoisotopic (exact) mass is 445 g/mol. The molecule has 168 valence electrons. The highest BCUT2D eigenvalue weighted by atomic mass is 19.4. The van der Waals surface area contributed by atoms with E-state index in [9.17, 15) is 18.0 Å². The Kier molecular flexibility index (Phi) is 5.19. The number of rotatable bonds is 3. The fraction of sp³-hybridized carbons (Fsp3) is 0.391. The van der Waals surface area contributed by atoms with E-state index in [1.165, 1.54) is 6.07 Å². The van der Waals surface area contributed by atoms with Gasteiger partial charge in [-0.1, -0.05) is 18.2 Å². The minimum absolute atomic E-state index is 0.216. The second-order valence-corrected chi connectivity index (χ2v) is 8.01. The van der Waals surface area contributed by atoms with Crippen molar-refractivity contribution in [1.29, 1.82) is 0 Å². The molecule has 0 spiro atoms. The highest BCUT2D eigenvalue weighted by Gasteiger charge is 2.39. The molecule has 2 aliphatic rings. The molecule has 1 atom stereocenters. The van der Waals surface area contributed by atoms with Crippen LogP contribution in [0.5, 0.6) is 11.5 Å². The van der Waals surface area contributed by atoms with E-state index in [0.29, 0.717) is 36.8 Å². The number of carbonyl (C=O) groups excluding carboxylic acids is 1. The van der Waals surface area contributed by atoms with Gasteiger partial charge >= 0.3 is 6.18 Å². The van der Waals surface area contributed by atoms with E-state index in [-0.39, 0.29) is 17.5 Å². The molecule has 1 saturated heterocycles. The number of para-hydroxylation sites is 2. The summed E-state index contributed by atoms with van der Waals surface area (Å²) >= 11 is 0. The maximum atomic E-state index is 13.6. The molecule has 0 unspecified atom stereocenters. The first kappa shape index (κ1) is 20.7. The number of alkyl halides is 3. The number of benzene rings is 2. The molecule has 9 heteroatoms. The summed E-state index contributed by atoms with van der Waals surface area (Å²) < 4.78 is 53.3. The van der Waals surface area contributed by atoms with Crippen LogP contribution in [0.2, 0.25) is 0 Å². The summed E-state index contributed by atoms with van der Waals surface area (Å²) in [6.07, 6.45) is -2.35. The van der Waals surface area contributed by atoms with Gasteiger partial charge in [-0.05, 0) is 42.7 Å². The van der Waals surface area contributed by atoms with Gasteiger partial charge in [0.1, 0.15) is 6.54 Å². The third kappa shape index (κ3) is 3.76. The van der Waals surface area contributed by atoms with Gasteiger partial charge in [-0.15, -0.1) is 0 Å². The first-order valence-corrected chi connectivity index (χ1v) is 10.6. The summed E-state index contributed by atoms with van der Waals surface area (Å²) in [5.74, 6) is -0.118. The largest absolute Gasteiger partial charge is 0.490 e. The van der Waals surface area contributed by atoms with Crippen LogP contribution in [0, 0.1) is 0 Å². The molecule has 2 aromatic carbocycles. The van der Waals surface area contributed by atoms with Gasteiger partial charge in [0, 0.05) is 13.0 Å². The van der Waals surface area contributed by atoms with E-state index in [1.807, 2.05) is 18.2 Å². The predicted octanol–water partition coefficient (Wildman–Crippen LogP) is 4.58. The number of carbonyl (C=O) groups is 1. The smallest absolute Gasteiger partial charge is 0.449 e. The maximum Gasteiger partial charge on any atom is 0.449 e. The maximum absolute atomic E-state index is 13.6. The van der Waals surface area contributed by atoms with Gasteiger partial charge in [-0.25, -0.2) is 4.98 Å². The van der Waals surface area contributed by atoms with Gasteiger partial charge in [0.15, 0.2) is 11.5 Å². The summed E-state index contributed by atoms with van der Waals surface area (Å²) in [6.45, 7) is 1.21. The number of amides is 1. The minimum atomic E-state index is -4.65. The predicted molar refractivity (Wildman–Crippen MR) is 110 cm³/mol. The zero-order valence-electron chi connectivity index (χ0n) is 17.3. The lowest BCUT2D eigenvalue weighted by atomic mass is 10.0. The molecule has 0 aliphatic carbocycles. The van der Waals surface area contributed by atoms with Crippen molar-refractivity contribution in [3.8, 4) is 11.5 Å². The molecule has 1 fully saturated rings. The molecule has 5 rings (SSSR count). The van der Waals surface area contributed by atoms with Crippen molar-refractivity contribution in [2.75, 3.05) is 19.8 Å². The van der Waals surface area contributed by atoms with Gasteiger partial charge in [0.2, 0.25) is 11.7 Å². The van der Waals surface area contributed by atoms with Crippen LogP contribution in [0.4, 0.5) is 13.2 Å². The van der Waals surface area contributed by atoms with Gasteiger partial charge in [-0.3, -0.25) is 4.79 Å². The van der Waals surface area contributed by atoms with E-state index < -0.39 is 18.5 Å². The summed E-state index contributed by atoms with van der Waals surface area (Å²) in [5, 5.41) is 0. The Bertz CT molecular complexity index is 1160. The number of ether oxygens (including phenoxy) is 2. The van der Waals surface area contributed by atoms with Crippen LogP contribution >= 0.6 is 0 Å². The fourth-order valence-corrected chi connectivity index (χ4v) is 4.48. The van der Waals surface area contributed by atoms with E-state index >= 15 is 0 Å². The zero-order chi connectivity index (χ0) is 22.3. The van der Waals surface area contributed by atoms with Crippen molar-refractivity contribution in [2.24, 2.45) is 0 Å². The lowest BCUT2D eigenvalue weighted by molar-refractivity contribution is -0.148. The van der Waals surface area contributed by atoms with Crippen molar-refractivity contribution < 1.29 is 27.4 Å². The number of likely N-dealkylation sites (tertiary alicyclic amines) is 1. The van der Waals surface area contributed by atoms with E-state index in [2.05, 4.69) is 4.98 Å². The van der Waals surface area contributed by atoms with Crippen molar-refractivity contribution in [2.45, 2.75) is 38.0 Å². The van der Waals surface area contributed by atoms with Crippen molar-refractivity contribution in [1.82, 2.24) is 14.5 Å². The number of halogens is 3. The number of hydrogen-bond donors (Lipinski definition) is 0. The van der Waals surface area contributed by atoms with Crippen LogP contribution in [-0.4, -0.2) is 40.1 Å². The molecule has 3 heterocycles. The summed E-state index contributed by atoms with van der Waals surface area (Å²) in [6, 6.07) is 11.7. The van der Waals surface area contributed by atoms with E-state index in [0.717, 1.165) is 29.4 Å². The quantitative estimate of drug-likeness (QED) is 0.592. The summed E-state index contributed by atoms with van der Waals surface area (Å²) in [7, 11) is 0. The lowest BCUT2D eigenvalue weighted by Gasteiger charge is -2.26. The van der Waals surface area contributed by atoms with Gasteiger partial charge in [0.05, 0.1) is 30.3 Å².